The van der Waals surface area contributed by atoms with Crippen LogP contribution in [0.5, 0.6) is 23.0 Å². The van der Waals surface area contributed by atoms with E-state index in [2.05, 4.69) is 20.5 Å². The van der Waals surface area contributed by atoms with Crippen molar-refractivity contribution in [3.8, 4) is 23.0 Å². The first-order valence-electron chi connectivity index (χ1n) is 19.9. The summed E-state index contributed by atoms with van der Waals surface area (Å²) in [5, 5.41) is 16.8. The first-order valence-corrected chi connectivity index (χ1v) is 19.9. The largest absolute Gasteiger partial charge is 0.493 e. The average Bonchev–Trinajstić information content (AvgIpc) is 4.02. The van der Waals surface area contributed by atoms with E-state index in [-0.39, 0.29) is 11.9 Å². The first kappa shape index (κ1) is 41.8. The molecule has 2 amide bonds. The number of halogens is 2. The third kappa shape index (κ3) is 10.6. The Hall–Kier alpha value is -4.85. The van der Waals surface area contributed by atoms with Crippen LogP contribution in [0.4, 0.5) is 14.5 Å². The Bertz CT molecular complexity index is 2010. The zero-order valence-corrected chi connectivity index (χ0v) is 33.2. The second kappa shape index (κ2) is 18.6. The summed E-state index contributed by atoms with van der Waals surface area (Å²) in [7, 11) is 1.55. The maximum atomic E-state index is 15.8. The molecule has 2 heterocycles. The van der Waals surface area contributed by atoms with Crippen LogP contribution in [0, 0.1) is 17.0 Å². The third-order valence-corrected chi connectivity index (χ3v) is 11.0. The second-order valence-corrected chi connectivity index (χ2v) is 15.4. The number of nitrogens with one attached hydrogen (secondary N) is 2. The topological polar surface area (TPSA) is 131 Å². The van der Waals surface area contributed by atoms with Gasteiger partial charge >= 0.3 is 0 Å². The van der Waals surface area contributed by atoms with Gasteiger partial charge in [0.25, 0.3) is 0 Å². The van der Waals surface area contributed by atoms with Crippen LogP contribution in [0.2, 0.25) is 0 Å². The maximum absolute atomic E-state index is 15.8. The van der Waals surface area contributed by atoms with Crippen LogP contribution in [-0.2, 0) is 14.3 Å². The number of morpholine rings is 1. The van der Waals surface area contributed by atoms with Crippen molar-refractivity contribution in [1.82, 2.24) is 15.2 Å². The lowest BCUT2D eigenvalue weighted by Gasteiger charge is -2.36. The number of ether oxygens (including phenoxy) is 4. The van der Waals surface area contributed by atoms with Crippen LogP contribution in [-0.4, -0.2) is 78.5 Å². The Morgan fingerprint density at radius 2 is 1.81 bits per heavy atom. The Labute approximate surface area is 333 Å². The lowest BCUT2D eigenvalue weighted by molar-refractivity contribution is -0.135. The van der Waals surface area contributed by atoms with E-state index in [1.165, 1.54) is 36.4 Å². The van der Waals surface area contributed by atoms with Gasteiger partial charge in [-0.15, -0.1) is 0 Å². The van der Waals surface area contributed by atoms with Crippen LogP contribution < -0.4 is 24.8 Å². The van der Waals surface area contributed by atoms with Crippen molar-refractivity contribution >= 4 is 28.4 Å². The molecular weight excluding hydrogens is 735 g/mol. The molecule has 6 rings (SSSR count). The van der Waals surface area contributed by atoms with Gasteiger partial charge in [0.05, 0.1) is 43.6 Å². The van der Waals surface area contributed by atoms with E-state index in [0.29, 0.717) is 84.7 Å². The lowest BCUT2D eigenvalue weighted by Crippen LogP contribution is -2.46. The van der Waals surface area contributed by atoms with E-state index in [0.717, 1.165) is 38.9 Å². The van der Waals surface area contributed by atoms with Gasteiger partial charge in [-0.05, 0) is 93.1 Å². The summed E-state index contributed by atoms with van der Waals surface area (Å²) >= 11 is 0. The fourth-order valence-corrected chi connectivity index (χ4v) is 7.13. The molecule has 3 unspecified atom stereocenters. The molecule has 13 heteroatoms. The van der Waals surface area contributed by atoms with Gasteiger partial charge in [0, 0.05) is 49.4 Å². The molecule has 3 atom stereocenters. The number of amides is 2. The maximum Gasteiger partial charge on any atom is 0.240 e. The van der Waals surface area contributed by atoms with E-state index in [4.69, 9.17) is 18.9 Å². The third-order valence-electron chi connectivity index (χ3n) is 11.0. The van der Waals surface area contributed by atoms with Crippen LogP contribution in [0.1, 0.15) is 83.7 Å². The number of benzene rings is 3. The SMILES string of the molecule is CCCCC(NC(=O)C1(C(=O)Nc2ccc(F)cc2)CC1)c1ccc(Oc2ccnc3cc(OCCCN4CCOC(CC(C)(O)CC)C4)c(OC)cc23)c(F)c1. The molecule has 57 heavy (non-hydrogen) atoms. The van der Waals surface area contributed by atoms with Crippen LogP contribution >= 0.6 is 0 Å². The van der Waals surface area contributed by atoms with Gasteiger partial charge in [-0.3, -0.25) is 19.5 Å². The van der Waals surface area contributed by atoms with E-state index >= 15 is 4.39 Å². The number of anilines is 1. The predicted octanol–water partition coefficient (Wildman–Crippen LogP) is 8.10. The molecule has 0 radical (unpaired) electrons. The highest BCUT2D eigenvalue weighted by atomic mass is 19.1. The van der Waals surface area contributed by atoms with Crippen molar-refractivity contribution < 1.29 is 42.4 Å². The molecule has 1 aliphatic heterocycles. The molecule has 11 nitrogen and oxygen atoms in total. The number of rotatable bonds is 19. The highest BCUT2D eigenvalue weighted by Crippen LogP contribution is 2.47. The average molecular weight is 789 g/mol. The van der Waals surface area contributed by atoms with Crippen molar-refractivity contribution in [2.45, 2.75) is 89.9 Å². The van der Waals surface area contributed by atoms with Crippen molar-refractivity contribution in [3.63, 3.8) is 0 Å². The summed E-state index contributed by atoms with van der Waals surface area (Å²) in [6, 6.07) is 14.7. The molecule has 4 aromatic rings. The fraction of sp³-hybridized carbons (Fsp3) is 0.477. The van der Waals surface area contributed by atoms with Gasteiger partial charge in [-0.1, -0.05) is 32.8 Å². The first-order chi connectivity index (χ1) is 27.4. The van der Waals surface area contributed by atoms with Gasteiger partial charge < -0.3 is 34.7 Å². The van der Waals surface area contributed by atoms with E-state index in [1.807, 2.05) is 20.8 Å². The minimum Gasteiger partial charge on any atom is -0.493 e. The predicted molar refractivity (Wildman–Crippen MR) is 214 cm³/mol. The highest BCUT2D eigenvalue weighted by molar-refractivity contribution is 6.13. The van der Waals surface area contributed by atoms with Gasteiger partial charge in [-0.2, -0.15) is 0 Å². The van der Waals surface area contributed by atoms with Crippen molar-refractivity contribution in [1.29, 1.82) is 0 Å². The van der Waals surface area contributed by atoms with Crippen LogP contribution in [0.3, 0.4) is 0 Å². The molecule has 0 bridgehead atoms. The van der Waals surface area contributed by atoms with Crippen molar-refractivity contribution in [2.24, 2.45) is 5.41 Å². The molecule has 3 aromatic carbocycles. The Morgan fingerprint density at radius 3 is 2.51 bits per heavy atom. The number of hydrogen-bond acceptors (Lipinski definition) is 9. The summed E-state index contributed by atoms with van der Waals surface area (Å²) in [4.78, 5) is 33.6. The normalized spacial score (nSPS) is 18.0. The number of aliphatic hydroxyl groups is 1. The molecule has 0 spiro atoms. The van der Waals surface area contributed by atoms with E-state index in [1.54, 1.807) is 37.6 Å². The monoisotopic (exact) mass is 788 g/mol. The molecular formula is C44H54F2N4O7. The number of pyridine rings is 1. The van der Waals surface area contributed by atoms with Gasteiger partial charge in [0.2, 0.25) is 11.8 Å². The summed E-state index contributed by atoms with van der Waals surface area (Å²) < 4.78 is 53.0. The van der Waals surface area contributed by atoms with E-state index < -0.39 is 40.5 Å². The molecule has 1 aliphatic carbocycles. The molecule has 306 valence electrons. The van der Waals surface area contributed by atoms with Gasteiger partial charge in [0.1, 0.15) is 17.0 Å². The Balaban J connectivity index is 1.09. The summed E-state index contributed by atoms with van der Waals surface area (Å²) in [6.45, 7) is 9.37. The zero-order valence-electron chi connectivity index (χ0n) is 33.2. The smallest absolute Gasteiger partial charge is 0.240 e. The molecule has 3 N–H and O–H groups in total. The Morgan fingerprint density at radius 1 is 1.02 bits per heavy atom. The highest BCUT2D eigenvalue weighted by Gasteiger charge is 2.57. The molecule has 2 aliphatic rings. The second-order valence-electron chi connectivity index (χ2n) is 15.4. The van der Waals surface area contributed by atoms with Gasteiger partial charge in [0.15, 0.2) is 23.1 Å². The molecule has 1 aromatic heterocycles. The molecule has 1 saturated carbocycles. The minimum absolute atomic E-state index is 0.00258. The number of fused-ring (bicyclic) bond motifs is 1. The number of unbranched alkanes of at least 4 members (excludes halogenated alkanes) is 1. The minimum atomic E-state index is -1.24. The van der Waals surface area contributed by atoms with Crippen LogP contribution in [0.15, 0.2) is 66.9 Å². The molecule has 2 fully saturated rings. The quantitative estimate of drug-likeness (QED) is 0.0637. The lowest BCUT2D eigenvalue weighted by atomic mass is 9.95. The number of carbonyl (C=O) groups excluding carboxylic acids is 2. The van der Waals surface area contributed by atoms with Gasteiger partial charge in [-0.25, -0.2) is 8.78 Å². The van der Waals surface area contributed by atoms with E-state index in [9.17, 15) is 19.1 Å². The van der Waals surface area contributed by atoms with Crippen molar-refractivity contribution in [2.75, 3.05) is 45.3 Å². The summed E-state index contributed by atoms with van der Waals surface area (Å²) in [5.74, 6) is -0.530. The number of methoxy groups -OCH3 is 1. The van der Waals surface area contributed by atoms with Crippen molar-refractivity contribution in [3.05, 3.63) is 84.1 Å². The molecule has 1 saturated heterocycles. The Kier molecular flexibility index (Phi) is 13.6. The number of nitrogens with zero attached hydrogens (tertiary/aromatic N) is 2. The zero-order chi connectivity index (χ0) is 40.6. The fourth-order valence-electron chi connectivity index (χ4n) is 7.13. The number of aromatic nitrogens is 1. The summed E-state index contributed by atoms with van der Waals surface area (Å²) in [5.41, 5.74) is -0.437. The summed E-state index contributed by atoms with van der Waals surface area (Å²) in [6.07, 6.45) is 6.58. The number of hydrogen-bond donors (Lipinski definition) is 3. The standard InChI is InChI=1S/C44H54F2N4O7/c1-5-7-9-35(49-42(52)44(17-18-44)41(51)48-31-13-11-30(45)12-14-31)29-10-15-38(34(46)24-29)57-37-16-19-47-36-26-40(39(54-4)25-33(36)37)56-22-8-20-50-21-23-55-32(28-50)27-43(3,53)6-2/h10-16,19,24-26,32,35,53H,5-9,17-18,20-23,27-28H2,1-4H3,(H,48,51)(H,49,52). The van der Waals surface area contributed by atoms with Crippen LogP contribution in [0.25, 0.3) is 10.9 Å². The number of carbonyl (C=O) groups is 2.